The van der Waals surface area contributed by atoms with E-state index in [-0.39, 0.29) is 37.7 Å². The number of methoxy groups -OCH3 is 1. The van der Waals surface area contributed by atoms with Gasteiger partial charge < -0.3 is 9.64 Å². The number of nitro groups is 2. The lowest BCUT2D eigenvalue weighted by molar-refractivity contribution is -0.393. The first-order chi connectivity index (χ1) is 11.1. The molecule has 0 spiro atoms. The summed E-state index contributed by atoms with van der Waals surface area (Å²) in [7, 11) is 1.34. The molecule has 0 atom stereocenters. The van der Waals surface area contributed by atoms with E-state index in [1.807, 2.05) is 0 Å². The van der Waals surface area contributed by atoms with Crippen LogP contribution in [0.3, 0.4) is 0 Å². The molecular weight excluding hydrogens is 359 g/mol. The Kier molecular flexibility index (Phi) is 6.72. The van der Waals surface area contributed by atoms with Crippen molar-refractivity contribution in [1.82, 2.24) is 0 Å². The second-order valence-electron chi connectivity index (χ2n) is 4.54. The van der Waals surface area contributed by atoms with Gasteiger partial charge in [0.2, 0.25) is 0 Å². The first-order valence-electron chi connectivity index (χ1n) is 6.47. The van der Waals surface area contributed by atoms with Gasteiger partial charge in [0.25, 0.3) is 11.4 Å². The summed E-state index contributed by atoms with van der Waals surface area (Å²) in [5.41, 5.74) is -4.03. The smallest absolute Gasteiger partial charge is 0.383 e. The molecule has 12 heteroatoms. The van der Waals surface area contributed by atoms with Crippen LogP contribution in [-0.2, 0) is 10.9 Å². The van der Waals surface area contributed by atoms with Gasteiger partial charge in [0.05, 0.1) is 22.0 Å². The number of anilines is 1. The van der Waals surface area contributed by atoms with E-state index < -0.39 is 38.6 Å². The second-order valence-corrected chi connectivity index (χ2v) is 4.92. The monoisotopic (exact) mass is 371 g/mol. The zero-order valence-corrected chi connectivity index (χ0v) is 13.1. The van der Waals surface area contributed by atoms with Gasteiger partial charge in [-0.25, -0.2) is 0 Å². The highest BCUT2D eigenvalue weighted by molar-refractivity contribution is 6.18. The molecule has 0 aliphatic rings. The number of alkyl halides is 4. The van der Waals surface area contributed by atoms with Crippen LogP contribution in [-0.4, -0.2) is 42.5 Å². The standard InChI is InChI=1S/C12H13ClF3N3O5/c1-24-5-4-17(3-2-13)11-9(18(20)21)6-8(12(14,15)16)7-10(11)19(22)23/h6-7H,2-5H2,1H3. The summed E-state index contributed by atoms with van der Waals surface area (Å²) in [5.74, 6) is -0.0426. The van der Waals surface area contributed by atoms with Gasteiger partial charge in [-0.3, -0.25) is 20.2 Å². The van der Waals surface area contributed by atoms with E-state index in [9.17, 15) is 33.4 Å². The van der Waals surface area contributed by atoms with Crippen molar-refractivity contribution in [2.45, 2.75) is 6.18 Å². The summed E-state index contributed by atoms with van der Waals surface area (Å²) in [4.78, 5) is 21.3. The molecule has 0 heterocycles. The fourth-order valence-corrected chi connectivity index (χ4v) is 2.21. The normalized spacial score (nSPS) is 11.4. The summed E-state index contributed by atoms with van der Waals surface area (Å²) in [5, 5.41) is 22.4. The molecular formula is C12H13ClF3N3O5. The zero-order chi connectivity index (χ0) is 18.5. The fourth-order valence-electron chi connectivity index (χ4n) is 2.01. The van der Waals surface area contributed by atoms with Gasteiger partial charge >= 0.3 is 6.18 Å². The van der Waals surface area contributed by atoms with E-state index in [0.717, 1.165) is 4.90 Å². The number of hydrogen-bond donors (Lipinski definition) is 0. The van der Waals surface area contributed by atoms with Gasteiger partial charge in [-0.1, -0.05) is 0 Å². The minimum atomic E-state index is -4.96. The average molecular weight is 372 g/mol. The molecule has 1 aromatic carbocycles. The number of ether oxygens (including phenoxy) is 1. The van der Waals surface area contributed by atoms with Crippen LogP contribution in [0, 0.1) is 20.2 Å². The lowest BCUT2D eigenvalue weighted by atomic mass is 10.1. The molecule has 0 aliphatic heterocycles. The molecule has 0 saturated carbocycles. The maximum atomic E-state index is 12.9. The highest BCUT2D eigenvalue weighted by atomic mass is 35.5. The molecule has 24 heavy (non-hydrogen) atoms. The van der Waals surface area contributed by atoms with Crippen LogP contribution in [0.2, 0.25) is 0 Å². The van der Waals surface area contributed by atoms with E-state index in [1.165, 1.54) is 7.11 Å². The topological polar surface area (TPSA) is 98.8 Å². The van der Waals surface area contributed by atoms with Crippen molar-refractivity contribution in [3.05, 3.63) is 37.9 Å². The van der Waals surface area contributed by atoms with Crippen LogP contribution in [0.4, 0.5) is 30.2 Å². The van der Waals surface area contributed by atoms with Crippen molar-refractivity contribution < 1.29 is 27.8 Å². The summed E-state index contributed by atoms with van der Waals surface area (Å²) in [6, 6.07) is 0.548. The molecule has 0 saturated heterocycles. The van der Waals surface area contributed by atoms with Crippen LogP contribution >= 0.6 is 11.6 Å². The number of hydrogen-bond acceptors (Lipinski definition) is 6. The molecule has 0 unspecified atom stereocenters. The van der Waals surface area contributed by atoms with E-state index >= 15 is 0 Å². The van der Waals surface area contributed by atoms with Gasteiger partial charge in [-0.05, 0) is 0 Å². The Hall–Kier alpha value is -2.14. The molecule has 0 bridgehead atoms. The molecule has 134 valence electrons. The SMILES string of the molecule is COCCN(CCCl)c1c([N+](=O)[O-])cc(C(F)(F)F)cc1[N+](=O)[O-]. The summed E-state index contributed by atoms with van der Waals surface area (Å²) in [6.07, 6.45) is -4.96. The predicted molar refractivity (Wildman–Crippen MR) is 79.6 cm³/mol. The Balaban J connectivity index is 3.65. The molecule has 0 fully saturated rings. The molecule has 0 radical (unpaired) electrons. The highest BCUT2D eigenvalue weighted by Gasteiger charge is 2.39. The number of halogens is 4. The fraction of sp³-hybridized carbons (Fsp3) is 0.500. The minimum absolute atomic E-state index is 0.0176. The van der Waals surface area contributed by atoms with Gasteiger partial charge in [-0.2, -0.15) is 13.2 Å². The summed E-state index contributed by atoms with van der Waals surface area (Å²) in [6.45, 7) is -0.0134. The van der Waals surface area contributed by atoms with Crippen molar-refractivity contribution in [1.29, 1.82) is 0 Å². The number of benzene rings is 1. The van der Waals surface area contributed by atoms with Gasteiger partial charge in [0, 0.05) is 38.2 Å². The molecule has 0 N–H and O–H groups in total. The Morgan fingerprint density at radius 3 is 2.00 bits per heavy atom. The first kappa shape index (κ1) is 19.9. The maximum absolute atomic E-state index is 12.9. The molecule has 0 amide bonds. The number of nitro benzene ring substituents is 2. The van der Waals surface area contributed by atoms with Crippen molar-refractivity contribution in [3.8, 4) is 0 Å². The lowest BCUT2D eigenvalue weighted by Crippen LogP contribution is -2.30. The van der Waals surface area contributed by atoms with Crippen molar-refractivity contribution >= 4 is 28.7 Å². The van der Waals surface area contributed by atoms with E-state index in [2.05, 4.69) is 0 Å². The van der Waals surface area contributed by atoms with Gasteiger partial charge in [0.15, 0.2) is 5.69 Å². The largest absolute Gasteiger partial charge is 0.416 e. The third-order valence-electron chi connectivity index (χ3n) is 3.03. The molecule has 0 aliphatic carbocycles. The van der Waals surface area contributed by atoms with E-state index in [0.29, 0.717) is 0 Å². The third-order valence-corrected chi connectivity index (χ3v) is 3.20. The average Bonchev–Trinajstić information content (AvgIpc) is 2.49. The van der Waals surface area contributed by atoms with Crippen molar-refractivity contribution in [2.24, 2.45) is 0 Å². The molecule has 1 rings (SSSR count). The number of nitrogens with zero attached hydrogens (tertiary/aromatic N) is 3. The maximum Gasteiger partial charge on any atom is 0.416 e. The Bertz CT molecular complexity index is 591. The van der Waals surface area contributed by atoms with Crippen LogP contribution in [0.1, 0.15) is 5.56 Å². The van der Waals surface area contributed by atoms with E-state index in [4.69, 9.17) is 16.3 Å². The Morgan fingerprint density at radius 2 is 1.67 bits per heavy atom. The highest BCUT2D eigenvalue weighted by Crippen LogP contribution is 2.43. The zero-order valence-electron chi connectivity index (χ0n) is 12.4. The van der Waals surface area contributed by atoms with Gasteiger partial charge in [-0.15, -0.1) is 11.6 Å². The van der Waals surface area contributed by atoms with Crippen molar-refractivity contribution in [2.75, 3.05) is 37.6 Å². The quantitative estimate of drug-likeness (QED) is 0.395. The Morgan fingerprint density at radius 1 is 1.17 bits per heavy atom. The number of rotatable bonds is 8. The molecule has 1 aromatic rings. The van der Waals surface area contributed by atoms with E-state index in [1.54, 1.807) is 0 Å². The summed E-state index contributed by atoms with van der Waals surface area (Å²) < 4.78 is 43.4. The molecule has 8 nitrogen and oxygen atoms in total. The van der Waals surface area contributed by atoms with Crippen LogP contribution in [0.25, 0.3) is 0 Å². The first-order valence-corrected chi connectivity index (χ1v) is 7.00. The minimum Gasteiger partial charge on any atom is -0.383 e. The molecule has 0 aromatic heterocycles. The third kappa shape index (κ3) is 4.68. The van der Waals surface area contributed by atoms with Crippen LogP contribution < -0.4 is 4.90 Å². The van der Waals surface area contributed by atoms with Crippen LogP contribution in [0.15, 0.2) is 12.1 Å². The second kappa shape index (κ2) is 8.11. The van der Waals surface area contributed by atoms with Crippen molar-refractivity contribution in [3.63, 3.8) is 0 Å². The lowest BCUT2D eigenvalue weighted by Gasteiger charge is -2.23. The summed E-state index contributed by atoms with van der Waals surface area (Å²) >= 11 is 5.59. The predicted octanol–water partition coefficient (Wildman–Crippen LogP) is 3.21. The Labute approximate surface area is 139 Å². The van der Waals surface area contributed by atoms with Gasteiger partial charge in [0.1, 0.15) is 0 Å². The van der Waals surface area contributed by atoms with Crippen LogP contribution in [0.5, 0.6) is 0 Å².